The van der Waals surface area contributed by atoms with Gasteiger partial charge in [-0.2, -0.15) is 0 Å². The van der Waals surface area contributed by atoms with Crippen molar-refractivity contribution >= 4 is 22.9 Å². The van der Waals surface area contributed by atoms with E-state index in [2.05, 4.69) is 57.2 Å². The van der Waals surface area contributed by atoms with Gasteiger partial charge in [0.1, 0.15) is 0 Å². The van der Waals surface area contributed by atoms with Gasteiger partial charge in [0, 0.05) is 15.7 Å². The minimum absolute atomic E-state index is 0.104. The van der Waals surface area contributed by atoms with E-state index in [4.69, 9.17) is 11.6 Å². The van der Waals surface area contributed by atoms with Gasteiger partial charge in [0.15, 0.2) is 0 Å². The van der Waals surface area contributed by atoms with Crippen LogP contribution in [-0.4, -0.2) is 0 Å². The molecule has 1 aromatic heterocycles. The first-order valence-electron chi connectivity index (χ1n) is 7.79. The Labute approximate surface area is 137 Å². The van der Waals surface area contributed by atoms with E-state index in [1.807, 2.05) is 11.3 Å². The molecule has 112 valence electrons. The van der Waals surface area contributed by atoms with E-state index < -0.39 is 0 Å². The summed E-state index contributed by atoms with van der Waals surface area (Å²) in [4.78, 5) is 2.75. The summed E-state index contributed by atoms with van der Waals surface area (Å²) >= 11 is 8.77. The number of aryl methyl sites for hydroxylation is 1. The Morgan fingerprint density at radius 3 is 2.62 bits per heavy atom. The van der Waals surface area contributed by atoms with Crippen LogP contribution >= 0.6 is 22.9 Å². The minimum atomic E-state index is 0.104. The Morgan fingerprint density at radius 2 is 1.90 bits per heavy atom. The van der Waals surface area contributed by atoms with E-state index in [0.717, 1.165) is 0 Å². The molecule has 0 amide bonds. The third-order valence-electron chi connectivity index (χ3n) is 4.41. The van der Waals surface area contributed by atoms with Gasteiger partial charge < -0.3 is 0 Å². The van der Waals surface area contributed by atoms with Crippen molar-refractivity contribution in [3.05, 3.63) is 57.3 Å². The van der Waals surface area contributed by atoms with E-state index in [0.29, 0.717) is 5.92 Å². The predicted molar refractivity (Wildman–Crippen MR) is 93.7 cm³/mol. The third kappa shape index (κ3) is 3.05. The van der Waals surface area contributed by atoms with Crippen LogP contribution in [0.25, 0.3) is 0 Å². The quantitative estimate of drug-likeness (QED) is 0.558. The largest absolute Gasteiger partial charge is 0.143 e. The van der Waals surface area contributed by atoms with Gasteiger partial charge >= 0.3 is 0 Å². The molecule has 1 aliphatic carbocycles. The molecule has 0 fully saturated rings. The molecule has 21 heavy (non-hydrogen) atoms. The maximum Gasteiger partial charge on any atom is 0.0747 e. The van der Waals surface area contributed by atoms with Crippen LogP contribution in [0, 0.1) is 0 Å². The zero-order valence-electron chi connectivity index (χ0n) is 13.0. The van der Waals surface area contributed by atoms with Gasteiger partial charge in [-0.25, -0.2) is 0 Å². The van der Waals surface area contributed by atoms with E-state index in [9.17, 15) is 0 Å². The van der Waals surface area contributed by atoms with Crippen LogP contribution in [0.4, 0.5) is 0 Å². The highest BCUT2D eigenvalue weighted by molar-refractivity contribution is 7.12. The van der Waals surface area contributed by atoms with Crippen LogP contribution in [0.3, 0.4) is 0 Å². The topological polar surface area (TPSA) is 0 Å². The van der Waals surface area contributed by atoms with Gasteiger partial charge in [-0.3, -0.25) is 0 Å². The highest BCUT2D eigenvalue weighted by Gasteiger charge is 2.29. The number of alkyl halides is 1. The van der Waals surface area contributed by atoms with Crippen molar-refractivity contribution in [3.63, 3.8) is 0 Å². The number of hydrogen-bond donors (Lipinski definition) is 0. The first kappa shape index (κ1) is 15.1. The first-order valence-corrected chi connectivity index (χ1v) is 9.04. The number of rotatable bonds is 2. The van der Waals surface area contributed by atoms with Crippen molar-refractivity contribution in [2.45, 2.75) is 56.7 Å². The van der Waals surface area contributed by atoms with Gasteiger partial charge in [0.25, 0.3) is 0 Å². The van der Waals surface area contributed by atoms with Crippen LogP contribution < -0.4 is 0 Å². The number of thiophene rings is 1. The highest BCUT2D eigenvalue weighted by Crippen LogP contribution is 2.46. The van der Waals surface area contributed by atoms with Crippen molar-refractivity contribution < 1.29 is 0 Å². The zero-order chi connectivity index (χ0) is 15.0. The molecule has 2 aromatic rings. The molecule has 0 aliphatic heterocycles. The molecule has 2 atom stereocenters. The summed E-state index contributed by atoms with van der Waals surface area (Å²) in [5.74, 6) is 0.461. The summed E-state index contributed by atoms with van der Waals surface area (Å²) < 4.78 is 0. The molecular formula is C19H23ClS. The SMILES string of the molecule is CC(C)(C)c1ccc(C(Cl)C2CCCc3ccccc32)s1. The molecule has 2 heteroatoms. The lowest BCUT2D eigenvalue weighted by atomic mass is 9.80. The Balaban J connectivity index is 1.89. The molecule has 0 bridgehead atoms. The number of fused-ring (bicyclic) bond motifs is 1. The smallest absolute Gasteiger partial charge is 0.0747 e. The lowest BCUT2D eigenvalue weighted by molar-refractivity contribution is 0.542. The van der Waals surface area contributed by atoms with Crippen LogP contribution in [0.15, 0.2) is 36.4 Å². The monoisotopic (exact) mass is 318 g/mol. The highest BCUT2D eigenvalue weighted by atomic mass is 35.5. The van der Waals surface area contributed by atoms with Gasteiger partial charge in [0.05, 0.1) is 5.38 Å². The Bertz CT molecular complexity index is 620. The second-order valence-electron chi connectivity index (χ2n) is 7.05. The molecule has 1 aliphatic rings. The van der Waals surface area contributed by atoms with Gasteiger partial charge in [0.2, 0.25) is 0 Å². The Morgan fingerprint density at radius 1 is 1.14 bits per heavy atom. The number of hydrogen-bond acceptors (Lipinski definition) is 1. The fourth-order valence-electron chi connectivity index (χ4n) is 3.20. The first-order chi connectivity index (χ1) is 9.97. The number of benzene rings is 1. The number of halogens is 1. The summed E-state index contributed by atoms with van der Waals surface area (Å²) in [6, 6.07) is 13.3. The van der Waals surface area contributed by atoms with Crippen LogP contribution in [0.1, 0.15) is 65.8 Å². The standard InChI is InChI=1S/C19H23ClS/c1-19(2,3)17-12-11-16(21-17)18(20)15-10-6-8-13-7-4-5-9-14(13)15/h4-5,7,9,11-12,15,18H,6,8,10H2,1-3H3. The normalized spacial score (nSPS) is 20.1. The second-order valence-corrected chi connectivity index (χ2v) is 8.64. The average molecular weight is 319 g/mol. The molecule has 3 rings (SSSR count). The molecule has 0 nitrogen and oxygen atoms in total. The predicted octanol–water partition coefficient (Wildman–Crippen LogP) is 6.45. The molecule has 1 aromatic carbocycles. The van der Waals surface area contributed by atoms with E-state index in [-0.39, 0.29) is 10.8 Å². The van der Waals surface area contributed by atoms with Gasteiger partial charge in [-0.1, -0.05) is 45.0 Å². The molecule has 0 N–H and O–H groups in total. The second kappa shape index (κ2) is 5.78. The summed E-state index contributed by atoms with van der Waals surface area (Å²) in [7, 11) is 0. The van der Waals surface area contributed by atoms with Crippen LogP contribution in [-0.2, 0) is 11.8 Å². The van der Waals surface area contributed by atoms with Crippen molar-refractivity contribution in [1.29, 1.82) is 0 Å². The maximum atomic E-state index is 6.89. The summed E-state index contributed by atoms with van der Waals surface area (Å²) in [5.41, 5.74) is 3.17. The van der Waals surface area contributed by atoms with Crippen LogP contribution in [0.2, 0.25) is 0 Å². The van der Waals surface area contributed by atoms with Crippen molar-refractivity contribution in [2.75, 3.05) is 0 Å². The van der Waals surface area contributed by atoms with E-state index >= 15 is 0 Å². The molecule has 0 saturated heterocycles. The summed E-state index contributed by atoms with van der Waals surface area (Å²) in [5, 5.41) is 0.104. The molecule has 2 unspecified atom stereocenters. The van der Waals surface area contributed by atoms with Crippen molar-refractivity contribution in [2.24, 2.45) is 0 Å². The van der Waals surface area contributed by atoms with Crippen LogP contribution in [0.5, 0.6) is 0 Å². The van der Waals surface area contributed by atoms with Gasteiger partial charge in [-0.05, 0) is 47.9 Å². The van der Waals surface area contributed by atoms with E-state index in [1.54, 1.807) is 0 Å². The summed E-state index contributed by atoms with van der Waals surface area (Å²) in [6.07, 6.45) is 3.66. The lowest BCUT2D eigenvalue weighted by Gasteiger charge is -2.28. The minimum Gasteiger partial charge on any atom is -0.143 e. The third-order valence-corrected chi connectivity index (χ3v) is 6.67. The molecule has 1 heterocycles. The van der Waals surface area contributed by atoms with Gasteiger partial charge in [-0.15, -0.1) is 22.9 Å². The molecular weight excluding hydrogens is 296 g/mol. The maximum absolute atomic E-state index is 6.89. The average Bonchev–Trinajstić information content (AvgIpc) is 2.96. The molecule has 0 radical (unpaired) electrons. The summed E-state index contributed by atoms with van der Waals surface area (Å²) in [6.45, 7) is 6.80. The Kier molecular flexibility index (Phi) is 4.16. The zero-order valence-corrected chi connectivity index (χ0v) is 14.6. The lowest BCUT2D eigenvalue weighted by Crippen LogP contribution is -2.13. The van der Waals surface area contributed by atoms with Crippen molar-refractivity contribution in [1.82, 2.24) is 0 Å². The fraction of sp³-hybridized carbons (Fsp3) is 0.474. The molecule has 0 saturated carbocycles. The Hall–Kier alpha value is -0.790. The molecule has 0 spiro atoms. The fourth-order valence-corrected chi connectivity index (χ4v) is 4.78. The van der Waals surface area contributed by atoms with Crippen molar-refractivity contribution in [3.8, 4) is 0 Å². The van der Waals surface area contributed by atoms with E-state index in [1.165, 1.54) is 40.1 Å².